The molecule has 0 radical (unpaired) electrons. The molecule has 0 aliphatic rings. The molecule has 112 valence electrons. The van der Waals surface area contributed by atoms with Crippen molar-refractivity contribution >= 4 is 17.3 Å². The minimum Gasteiger partial charge on any atom is -0.389 e. The Balaban J connectivity index is 1.78. The maximum absolute atomic E-state index is 10.5. The highest BCUT2D eigenvalue weighted by molar-refractivity contribution is 6.31. The monoisotopic (exact) mass is 311 g/mol. The fourth-order valence-electron chi connectivity index (χ4n) is 1.74. The largest absolute Gasteiger partial charge is 0.389 e. The van der Waals surface area contributed by atoms with Gasteiger partial charge in [0.25, 0.3) is 0 Å². The molecule has 0 amide bonds. The highest BCUT2D eigenvalue weighted by Gasteiger charge is 2.12. The molecule has 1 heterocycles. The molecule has 1 aromatic heterocycles. The molecule has 0 aliphatic heterocycles. The van der Waals surface area contributed by atoms with Crippen LogP contribution >= 0.6 is 11.6 Å². The lowest BCUT2D eigenvalue weighted by molar-refractivity contribution is -0.385. The van der Waals surface area contributed by atoms with E-state index in [-0.39, 0.29) is 25.4 Å². The van der Waals surface area contributed by atoms with Crippen molar-refractivity contribution in [3.8, 4) is 0 Å². The Kier molecular flexibility index (Phi) is 5.26. The zero-order chi connectivity index (χ0) is 15.2. The van der Waals surface area contributed by atoms with Gasteiger partial charge in [-0.2, -0.15) is 5.10 Å². The van der Waals surface area contributed by atoms with Gasteiger partial charge in [-0.05, 0) is 11.6 Å². The summed E-state index contributed by atoms with van der Waals surface area (Å²) in [4.78, 5) is 9.98. The van der Waals surface area contributed by atoms with Crippen LogP contribution < -0.4 is 0 Å². The maximum Gasteiger partial charge on any atom is 0.306 e. The zero-order valence-electron chi connectivity index (χ0n) is 11.1. The minimum atomic E-state index is -0.813. The van der Waals surface area contributed by atoms with Crippen molar-refractivity contribution in [3.05, 3.63) is 57.4 Å². The summed E-state index contributed by atoms with van der Waals surface area (Å²) in [5.74, 6) is 0. The van der Waals surface area contributed by atoms with Gasteiger partial charge < -0.3 is 9.84 Å². The van der Waals surface area contributed by atoms with Crippen LogP contribution in [0.3, 0.4) is 0 Å². The van der Waals surface area contributed by atoms with Gasteiger partial charge in [-0.3, -0.25) is 14.8 Å². The van der Waals surface area contributed by atoms with Crippen LogP contribution in [0.1, 0.15) is 5.56 Å². The Labute approximate surface area is 125 Å². The first-order valence-corrected chi connectivity index (χ1v) is 6.60. The number of nitrogens with zero attached hydrogens (tertiary/aromatic N) is 3. The second-order valence-electron chi connectivity index (χ2n) is 4.44. The summed E-state index contributed by atoms with van der Waals surface area (Å²) in [5.41, 5.74) is 0.722. The molecular weight excluding hydrogens is 298 g/mol. The van der Waals surface area contributed by atoms with Crippen LogP contribution in [0.2, 0.25) is 5.02 Å². The molecule has 0 saturated carbocycles. The Hall–Kier alpha value is -1.96. The number of aliphatic hydroxyl groups is 1. The summed E-state index contributed by atoms with van der Waals surface area (Å²) < 4.78 is 6.69. The van der Waals surface area contributed by atoms with E-state index in [2.05, 4.69) is 5.10 Å². The Morgan fingerprint density at radius 2 is 2.24 bits per heavy atom. The molecule has 1 aromatic carbocycles. The lowest BCUT2D eigenvalue weighted by atomic mass is 10.2. The maximum atomic E-state index is 10.5. The lowest BCUT2D eigenvalue weighted by Crippen LogP contribution is -2.22. The molecular formula is C13H14ClN3O4. The van der Waals surface area contributed by atoms with E-state index in [0.29, 0.717) is 5.02 Å². The average Bonchev–Trinajstić information content (AvgIpc) is 2.89. The number of hydrogen-bond acceptors (Lipinski definition) is 5. The van der Waals surface area contributed by atoms with Crippen molar-refractivity contribution in [1.29, 1.82) is 0 Å². The smallest absolute Gasteiger partial charge is 0.306 e. The molecule has 2 rings (SSSR count). The first-order valence-electron chi connectivity index (χ1n) is 6.22. The normalized spacial score (nSPS) is 12.3. The lowest BCUT2D eigenvalue weighted by Gasteiger charge is -2.11. The summed E-state index contributed by atoms with van der Waals surface area (Å²) in [5, 5.41) is 24.7. The highest BCUT2D eigenvalue weighted by atomic mass is 35.5. The topological polar surface area (TPSA) is 90.4 Å². The molecule has 1 atom stereocenters. The van der Waals surface area contributed by atoms with E-state index in [1.165, 1.54) is 10.9 Å². The van der Waals surface area contributed by atoms with Gasteiger partial charge in [0.2, 0.25) is 0 Å². The van der Waals surface area contributed by atoms with Crippen LogP contribution in [0.5, 0.6) is 0 Å². The van der Waals surface area contributed by atoms with Gasteiger partial charge >= 0.3 is 5.69 Å². The molecule has 8 heteroatoms. The molecule has 2 aromatic rings. The van der Waals surface area contributed by atoms with Crippen molar-refractivity contribution in [2.24, 2.45) is 0 Å². The van der Waals surface area contributed by atoms with Gasteiger partial charge in [0.1, 0.15) is 12.4 Å². The van der Waals surface area contributed by atoms with Gasteiger partial charge in [0, 0.05) is 5.02 Å². The fourth-order valence-corrected chi connectivity index (χ4v) is 1.93. The molecule has 0 bridgehead atoms. The number of hydrogen-bond donors (Lipinski definition) is 1. The van der Waals surface area contributed by atoms with Gasteiger partial charge in [-0.15, -0.1) is 0 Å². The first kappa shape index (κ1) is 15.4. The molecule has 0 fully saturated rings. The Bertz CT molecular complexity index is 617. The number of rotatable bonds is 7. The van der Waals surface area contributed by atoms with Crippen LogP contribution in [0.25, 0.3) is 0 Å². The summed E-state index contributed by atoms with van der Waals surface area (Å²) in [6.07, 6.45) is 1.58. The molecule has 21 heavy (non-hydrogen) atoms. The van der Waals surface area contributed by atoms with E-state index >= 15 is 0 Å². The molecule has 7 nitrogen and oxygen atoms in total. The van der Waals surface area contributed by atoms with Crippen LogP contribution in [0.4, 0.5) is 5.69 Å². The van der Waals surface area contributed by atoms with E-state index in [4.69, 9.17) is 16.3 Å². The minimum absolute atomic E-state index is 0.0822. The van der Waals surface area contributed by atoms with Crippen molar-refractivity contribution in [2.75, 3.05) is 6.61 Å². The standard InChI is InChI=1S/C13H14ClN3O4/c14-13-4-2-1-3-10(13)8-21-9-12(18)7-16-6-11(5-15-16)17(19)20/h1-6,12,18H,7-9H2/t12-/m1/s1. The fraction of sp³-hybridized carbons (Fsp3) is 0.308. The van der Waals surface area contributed by atoms with Gasteiger partial charge in [-0.1, -0.05) is 29.8 Å². The summed E-state index contributed by atoms with van der Waals surface area (Å²) in [6.45, 7) is 0.491. The van der Waals surface area contributed by atoms with Crippen LogP contribution in [-0.2, 0) is 17.9 Å². The zero-order valence-corrected chi connectivity index (χ0v) is 11.8. The average molecular weight is 312 g/mol. The first-order chi connectivity index (χ1) is 10.1. The third-order valence-electron chi connectivity index (χ3n) is 2.75. The summed E-state index contributed by atoms with van der Waals surface area (Å²) in [7, 11) is 0. The third-order valence-corrected chi connectivity index (χ3v) is 3.12. The SMILES string of the molecule is O=[N+]([O-])c1cnn(C[C@@H](O)COCc2ccccc2Cl)c1. The van der Waals surface area contributed by atoms with Crippen molar-refractivity contribution < 1.29 is 14.8 Å². The second-order valence-corrected chi connectivity index (χ2v) is 4.85. The van der Waals surface area contributed by atoms with Crippen molar-refractivity contribution in [2.45, 2.75) is 19.3 Å². The van der Waals surface area contributed by atoms with Gasteiger partial charge in [-0.25, -0.2) is 0 Å². The van der Waals surface area contributed by atoms with Crippen LogP contribution in [-0.4, -0.2) is 32.5 Å². The van der Waals surface area contributed by atoms with E-state index in [1.807, 2.05) is 18.2 Å². The molecule has 0 spiro atoms. The predicted molar refractivity (Wildman–Crippen MR) is 76.0 cm³/mol. The quantitative estimate of drug-likeness (QED) is 0.624. The number of ether oxygens (including phenoxy) is 1. The Morgan fingerprint density at radius 3 is 2.90 bits per heavy atom. The molecule has 0 saturated heterocycles. The van der Waals surface area contributed by atoms with E-state index in [0.717, 1.165) is 11.8 Å². The highest BCUT2D eigenvalue weighted by Crippen LogP contribution is 2.15. The summed E-state index contributed by atoms with van der Waals surface area (Å²) >= 11 is 5.98. The molecule has 0 aliphatic carbocycles. The predicted octanol–water partition coefficient (Wildman–Crippen LogP) is 2.02. The Morgan fingerprint density at radius 1 is 1.48 bits per heavy atom. The van der Waals surface area contributed by atoms with E-state index < -0.39 is 11.0 Å². The number of halogens is 1. The van der Waals surface area contributed by atoms with Crippen LogP contribution in [0, 0.1) is 10.1 Å². The van der Waals surface area contributed by atoms with Crippen molar-refractivity contribution in [1.82, 2.24) is 9.78 Å². The molecule has 0 unspecified atom stereocenters. The van der Waals surface area contributed by atoms with E-state index in [1.54, 1.807) is 6.07 Å². The van der Waals surface area contributed by atoms with Crippen molar-refractivity contribution in [3.63, 3.8) is 0 Å². The number of benzene rings is 1. The number of aromatic nitrogens is 2. The number of aliphatic hydroxyl groups excluding tert-OH is 1. The van der Waals surface area contributed by atoms with Gasteiger partial charge in [0.05, 0.1) is 30.8 Å². The third kappa shape index (κ3) is 4.52. The van der Waals surface area contributed by atoms with E-state index in [9.17, 15) is 15.2 Å². The van der Waals surface area contributed by atoms with Crippen LogP contribution in [0.15, 0.2) is 36.7 Å². The second kappa shape index (κ2) is 7.16. The summed E-state index contributed by atoms with van der Waals surface area (Å²) in [6, 6.07) is 7.28. The molecule has 1 N–H and O–H groups in total. The van der Waals surface area contributed by atoms with Gasteiger partial charge in [0.15, 0.2) is 0 Å². The number of nitro groups is 1.